The summed E-state index contributed by atoms with van der Waals surface area (Å²) in [6.07, 6.45) is 0. The number of nitrogens with one attached hydrogen (secondary N) is 2. The standard InChI is InChI=1S/C10H6N8O/c11-5-8(6-12)14-13-7-1-3-9(4-2-7)19-10-15-17-18-16-10/h1-4,13H,(H,15,16,17,18). The van der Waals surface area contributed by atoms with E-state index in [0.29, 0.717) is 11.4 Å². The molecule has 0 radical (unpaired) electrons. The van der Waals surface area contributed by atoms with Crippen molar-refractivity contribution in [1.29, 1.82) is 10.5 Å². The van der Waals surface area contributed by atoms with Crippen LogP contribution in [0.25, 0.3) is 0 Å². The summed E-state index contributed by atoms with van der Waals surface area (Å²) in [7, 11) is 0. The monoisotopic (exact) mass is 254 g/mol. The minimum absolute atomic E-state index is 0.106. The molecule has 0 aliphatic heterocycles. The van der Waals surface area contributed by atoms with Crippen LogP contribution >= 0.6 is 0 Å². The fourth-order valence-electron chi connectivity index (χ4n) is 1.09. The van der Waals surface area contributed by atoms with E-state index in [2.05, 4.69) is 31.2 Å². The van der Waals surface area contributed by atoms with Crippen molar-refractivity contribution in [3.63, 3.8) is 0 Å². The van der Waals surface area contributed by atoms with Gasteiger partial charge in [0.25, 0.3) is 0 Å². The number of hydrazone groups is 1. The van der Waals surface area contributed by atoms with E-state index in [1.54, 1.807) is 36.4 Å². The Morgan fingerprint density at radius 3 is 2.58 bits per heavy atom. The summed E-state index contributed by atoms with van der Waals surface area (Å²) in [6, 6.07) is 9.99. The lowest BCUT2D eigenvalue weighted by Crippen LogP contribution is -1.96. The van der Waals surface area contributed by atoms with E-state index in [1.807, 2.05) is 0 Å². The van der Waals surface area contributed by atoms with E-state index >= 15 is 0 Å². The molecule has 0 unspecified atom stereocenters. The highest BCUT2D eigenvalue weighted by molar-refractivity contribution is 6.10. The van der Waals surface area contributed by atoms with Crippen molar-refractivity contribution in [1.82, 2.24) is 20.6 Å². The molecule has 1 heterocycles. The van der Waals surface area contributed by atoms with Crippen LogP contribution in [-0.2, 0) is 0 Å². The van der Waals surface area contributed by atoms with Crippen molar-refractivity contribution in [3.8, 4) is 23.9 Å². The lowest BCUT2D eigenvalue weighted by Gasteiger charge is -2.02. The van der Waals surface area contributed by atoms with Crippen LogP contribution in [0.15, 0.2) is 29.4 Å². The van der Waals surface area contributed by atoms with E-state index < -0.39 is 0 Å². The number of anilines is 1. The fourth-order valence-corrected chi connectivity index (χ4v) is 1.09. The first-order valence-electron chi connectivity index (χ1n) is 4.97. The minimum atomic E-state index is -0.257. The SMILES string of the molecule is N#CC(C#N)=NNc1ccc(Oc2nn[nH]n2)cc1. The maximum absolute atomic E-state index is 8.51. The van der Waals surface area contributed by atoms with Crippen molar-refractivity contribution in [2.24, 2.45) is 5.10 Å². The molecule has 0 saturated carbocycles. The molecule has 1 aromatic heterocycles. The molecule has 2 N–H and O–H groups in total. The topological polar surface area (TPSA) is 136 Å². The van der Waals surface area contributed by atoms with Crippen LogP contribution in [0.3, 0.4) is 0 Å². The molecule has 92 valence electrons. The summed E-state index contributed by atoms with van der Waals surface area (Å²) < 4.78 is 5.26. The molecule has 9 heteroatoms. The summed E-state index contributed by atoms with van der Waals surface area (Å²) in [4.78, 5) is 0. The molecule has 1 aromatic carbocycles. The Kier molecular flexibility index (Phi) is 3.63. The molecule has 0 atom stereocenters. The van der Waals surface area contributed by atoms with Gasteiger partial charge in [0.1, 0.15) is 17.9 Å². The molecular formula is C10H6N8O. The zero-order chi connectivity index (χ0) is 13.5. The number of hydrogen-bond donors (Lipinski definition) is 2. The molecule has 2 rings (SSSR count). The maximum Gasteiger partial charge on any atom is 0.361 e. The third-order valence-electron chi connectivity index (χ3n) is 1.90. The third-order valence-corrected chi connectivity index (χ3v) is 1.90. The Morgan fingerprint density at radius 2 is 2.00 bits per heavy atom. The summed E-state index contributed by atoms with van der Waals surface area (Å²) in [5.41, 5.74) is 2.91. The van der Waals surface area contributed by atoms with Gasteiger partial charge in [0, 0.05) is 0 Å². The highest BCUT2D eigenvalue weighted by Gasteiger charge is 2.01. The van der Waals surface area contributed by atoms with Gasteiger partial charge in [-0.2, -0.15) is 20.8 Å². The molecule has 9 nitrogen and oxygen atoms in total. The number of hydrogen-bond acceptors (Lipinski definition) is 8. The van der Waals surface area contributed by atoms with E-state index in [-0.39, 0.29) is 11.7 Å². The molecule has 19 heavy (non-hydrogen) atoms. The molecule has 0 fully saturated rings. The zero-order valence-electron chi connectivity index (χ0n) is 9.40. The highest BCUT2D eigenvalue weighted by Crippen LogP contribution is 2.19. The van der Waals surface area contributed by atoms with Crippen LogP contribution < -0.4 is 10.2 Å². The number of rotatable bonds is 4. The van der Waals surface area contributed by atoms with Crippen molar-refractivity contribution >= 4 is 11.4 Å². The predicted octanol–water partition coefficient (Wildman–Crippen LogP) is 0.807. The maximum atomic E-state index is 8.51. The van der Waals surface area contributed by atoms with Gasteiger partial charge in [-0.05, 0) is 29.5 Å². The molecule has 0 bridgehead atoms. The molecule has 0 saturated heterocycles. The third kappa shape index (κ3) is 3.25. The quantitative estimate of drug-likeness (QED) is 0.608. The lowest BCUT2D eigenvalue weighted by molar-refractivity contribution is 0.442. The number of aromatic amines is 1. The average molecular weight is 254 g/mol. The number of aromatic nitrogens is 4. The number of ether oxygens (including phenoxy) is 1. The van der Waals surface area contributed by atoms with Crippen molar-refractivity contribution in [2.45, 2.75) is 0 Å². The van der Waals surface area contributed by atoms with Gasteiger partial charge in [-0.25, -0.2) is 0 Å². The highest BCUT2D eigenvalue weighted by atomic mass is 16.5. The summed E-state index contributed by atoms with van der Waals surface area (Å²) >= 11 is 0. The predicted molar refractivity (Wildman–Crippen MR) is 63.0 cm³/mol. The Hall–Kier alpha value is -3.46. The molecular weight excluding hydrogens is 248 g/mol. The minimum Gasteiger partial charge on any atom is -0.422 e. The first-order chi connectivity index (χ1) is 9.31. The van der Waals surface area contributed by atoms with E-state index in [0.717, 1.165) is 0 Å². The van der Waals surface area contributed by atoms with Crippen LogP contribution in [-0.4, -0.2) is 26.3 Å². The zero-order valence-corrected chi connectivity index (χ0v) is 9.40. The van der Waals surface area contributed by atoms with Gasteiger partial charge in [0.2, 0.25) is 5.71 Å². The van der Waals surface area contributed by atoms with Crippen molar-refractivity contribution in [2.75, 3.05) is 5.43 Å². The van der Waals surface area contributed by atoms with Gasteiger partial charge in [-0.1, -0.05) is 10.2 Å². The number of H-pyrrole nitrogens is 1. The first-order valence-corrected chi connectivity index (χ1v) is 4.97. The summed E-state index contributed by atoms with van der Waals surface area (Å²) in [5, 5.41) is 33.5. The Balaban J connectivity index is 2.01. The second-order valence-corrected chi connectivity index (χ2v) is 3.12. The Labute approximate surface area is 107 Å². The fraction of sp³-hybridized carbons (Fsp3) is 0. The van der Waals surface area contributed by atoms with Gasteiger partial charge < -0.3 is 4.74 Å². The van der Waals surface area contributed by atoms with Crippen LogP contribution in [0.4, 0.5) is 5.69 Å². The van der Waals surface area contributed by atoms with Crippen molar-refractivity contribution in [3.05, 3.63) is 24.3 Å². The number of tetrazole rings is 1. The number of nitrogens with zero attached hydrogens (tertiary/aromatic N) is 6. The molecule has 0 aliphatic rings. The smallest absolute Gasteiger partial charge is 0.361 e. The molecule has 2 aromatic rings. The van der Waals surface area contributed by atoms with Gasteiger partial charge in [-0.15, -0.1) is 0 Å². The second kappa shape index (κ2) is 5.75. The number of nitriles is 2. The van der Waals surface area contributed by atoms with Gasteiger partial charge in [0.05, 0.1) is 5.69 Å². The van der Waals surface area contributed by atoms with Crippen LogP contribution in [0.5, 0.6) is 11.8 Å². The number of benzene rings is 1. The molecule has 0 aliphatic carbocycles. The molecule has 0 amide bonds. The largest absolute Gasteiger partial charge is 0.422 e. The summed E-state index contributed by atoms with van der Waals surface area (Å²) in [5.74, 6) is 0.511. The summed E-state index contributed by atoms with van der Waals surface area (Å²) in [6.45, 7) is 0. The van der Waals surface area contributed by atoms with E-state index in [9.17, 15) is 0 Å². The van der Waals surface area contributed by atoms with Crippen molar-refractivity contribution < 1.29 is 4.74 Å². The van der Waals surface area contributed by atoms with Gasteiger partial charge in [-0.3, -0.25) is 5.43 Å². The normalized spacial score (nSPS) is 8.95. The van der Waals surface area contributed by atoms with E-state index in [1.165, 1.54) is 0 Å². The lowest BCUT2D eigenvalue weighted by atomic mass is 10.3. The Bertz CT molecular complexity index is 630. The first kappa shape index (κ1) is 12.0. The van der Waals surface area contributed by atoms with Crippen LogP contribution in [0, 0.1) is 22.7 Å². The van der Waals surface area contributed by atoms with Crippen LogP contribution in [0.2, 0.25) is 0 Å². The Morgan fingerprint density at radius 1 is 1.26 bits per heavy atom. The van der Waals surface area contributed by atoms with Crippen LogP contribution in [0.1, 0.15) is 0 Å². The average Bonchev–Trinajstić information content (AvgIpc) is 2.95. The van der Waals surface area contributed by atoms with E-state index in [4.69, 9.17) is 15.3 Å². The molecule has 0 spiro atoms. The second-order valence-electron chi connectivity index (χ2n) is 3.12. The van der Waals surface area contributed by atoms with Gasteiger partial charge in [0.15, 0.2) is 0 Å². The van der Waals surface area contributed by atoms with Gasteiger partial charge >= 0.3 is 6.01 Å².